The van der Waals surface area contributed by atoms with Crippen molar-refractivity contribution in [3.8, 4) is 5.75 Å². The van der Waals surface area contributed by atoms with Crippen LogP contribution in [-0.4, -0.2) is 53.7 Å². The maximum atomic E-state index is 11.1. The van der Waals surface area contributed by atoms with E-state index in [1.54, 1.807) is 13.3 Å². The molecule has 1 aromatic rings. The predicted octanol–water partition coefficient (Wildman–Crippen LogP) is 1.12. The van der Waals surface area contributed by atoms with Crippen molar-refractivity contribution >= 4 is 5.97 Å². The first-order valence-corrected chi connectivity index (χ1v) is 7.78. The molecule has 1 atom stereocenters. The number of hydrogen-bond donors (Lipinski definition) is 2. The average molecular weight is 305 g/mol. The third-order valence-electron chi connectivity index (χ3n) is 4.98. The average Bonchev–Trinajstić information content (AvgIpc) is 2.94. The van der Waals surface area contributed by atoms with Crippen molar-refractivity contribution in [2.45, 2.75) is 31.8 Å². The number of aromatic nitrogens is 1. The number of piperidine rings is 1. The van der Waals surface area contributed by atoms with Gasteiger partial charge in [-0.3, -0.25) is 14.7 Å². The molecule has 6 nitrogen and oxygen atoms in total. The van der Waals surface area contributed by atoms with E-state index in [1.807, 2.05) is 12.1 Å². The van der Waals surface area contributed by atoms with Gasteiger partial charge >= 0.3 is 5.97 Å². The molecule has 0 bridgehead atoms. The topological polar surface area (TPSA) is 74.7 Å². The number of nitrogens with zero attached hydrogens (tertiary/aromatic N) is 2. The van der Waals surface area contributed by atoms with Gasteiger partial charge in [0, 0.05) is 25.4 Å². The van der Waals surface area contributed by atoms with Crippen LogP contribution in [0.4, 0.5) is 0 Å². The SMILES string of the molecule is COc1ccnc(CN2CCC3(CC2)CN[C@H](C(=O)O)C3)c1. The van der Waals surface area contributed by atoms with Crippen molar-refractivity contribution in [2.75, 3.05) is 26.7 Å². The Bertz CT molecular complexity index is 541. The number of pyridine rings is 1. The van der Waals surface area contributed by atoms with Crippen LogP contribution in [0.15, 0.2) is 18.3 Å². The molecule has 0 amide bonds. The Morgan fingerprint density at radius 2 is 2.32 bits per heavy atom. The first kappa shape index (κ1) is 15.2. The normalized spacial score (nSPS) is 24.5. The highest BCUT2D eigenvalue weighted by atomic mass is 16.5. The van der Waals surface area contributed by atoms with Gasteiger partial charge in [0.1, 0.15) is 11.8 Å². The van der Waals surface area contributed by atoms with Crippen molar-refractivity contribution in [2.24, 2.45) is 5.41 Å². The minimum absolute atomic E-state index is 0.168. The van der Waals surface area contributed by atoms with Crippen LogP contribution in [0.25, 0.3) is 0 Å². The molecule has 3 rings (SSSR count). The van der Waals surface area contributed by atoms with E-state index < -0.39 is 5.97 Å². The quantitative estimate of drug-likeness (QED) is 0.868. The number of carboxylic acid groups (broad SMARTS) is 1. The Morgan fingerprint density at radius 1 is 1.55 bits per heavy atom. The number of likely N-dealkylation sites (tertiary alicyclic amines) is 1. The van der Waals surface area contributed by atoms with Crippen molar-refractivity contribution in [3.63, 3.8) is 0 Å². The molecule has 0 unspecified atom stereocenters. The summed E-state index contributed by atoms with van der Waals surface area (Å²) in [7, 11) is 1.66. The fraction of sp³-hybridized carbons (Fsp3) is 0.625. The fourth-order valence-electron chi connectivity index (χ4n) is 3.56. The van der Waals surface area contributed by atoms with Gasteiger partial charge in [-0.2, -0.15) is 0 Å². The highest BCUT2D eigenvalue weighted by Gasteiger charge is 2.43. The second kappa shape index (κ2) is 6.22. The van der Waals surface area contributed by atoms with E-state index in [9.17, 15) is 4.79 Å². The lowest BCUT2D eigenvalue weighted by Gasteiger charge is -2.38. The molecular formula is C16H23N3O3. The minimum atomic E-state index is -0.722. The first-order valence-electron chi connectivity index (χ1n) is 7.78. The molecule has 1 spiro atoms. The Balaban J connectivity index is 1.55. The van der Waals surface area contributed by atoms with Gasteiger partial charge in [0.15, 0.2) is 0 Å². The monoisotopic (exact) mass is 305 g/mol. The van der Waals surface area contributed by atoms with E-state index >= 15 is 0 Å². The number of carbonyl (C=O) groups is 1. The molecular weight excluding hydrogens is 282 g/mol. The molecule has 0 radical (unpaired) electrons. The Morgan fingerprint density at radius 3 is 2.95 bits per heavy atom. The highest BCUT2D eigenvalue weighted by molar-refractivity contribution is 5.74. The zero-order valence-electron chi connectivity index (χ0n) is 12.9. The third kappa shape index (κ3) is 3.23. The van der Waals surface area contributed by atoms with Crippen LogP contribution in [-0.2, 0) is 11.3 Å². The summed E-state index contributed by atoms with van der Waals surface area (Å²) in [4.78, 5) is 17.9. The fourth-order valence-corrected chi connectivity index (χ4v) is 3.56. The van der Waals surface area contributed by atoms with Crippen molar-refractivity contribution in [3.05, 3.63) is 24.0 Å². The Hall–Kier alpha value is -1.66. The van der Waals surface area contributed by atoms with E-state index in [4.69, 9.17) is 9.84 Å². The molecule has 2 aliphatic heterocycles. The molecule has 120 valence electrons. The van der Waals surface area contributed by atoms with E-state index in [1.165, 1.54) is 0 Å². The maximum absolute atomic E-state index is 11.1. The lowest BCUT2D eigenvalue weighted by atomic mass is 9.76. The van der Waals surface area contributed by atoms with Crippen LogP contribution >= 0.6 is 0 Å². The summed E-state index contributed by atoms with van der Waals surface area (Å²) in [6.07, 6.45) is 4.63. The lowest BCUT2D eigenvalue weighted by Crippen LogP contribution is -2.40. The molecule has 2 saturated heterocycles. The summed E-state index contributed by atoms with van der Waals surface area (Å²) in [5.74, 6) is 0.114. The molecule has 0 aromatic carbocycles. The number of methoxy groups -OCH3 is 1. The third-order valence-corrected chi connectivity index (χ3v) is 4.98. The van der Waals surface area contributed by atoms with Gasteiger partial charge in [-0.15, -0.1) is 0 Å². The van der Waals surface area contributed by atoms with E-state index in [2.05, 4.69) is 15.2 Å². The van der Waals surface area contributed by atoms with E-state index in [-0.39, 0.29) is 11.5 Å². The largest absolute Gasteiger partial charge is 0.497 e. The minimum Gasteiger partial charge on any atom is -0.497 e. The number of nitrogens with one attached hydrogen (secondary N) is 1. The lowest BCUT2D eigenvalue weighted by molar-refractivity contribution is -0.139. The summed E-state index contributed by atoms with van der Waals surface area (Å²) < 4.78 is 5.23. The zero-order valence-corrected chi connectivity index (χ0v) is 12.9. The number of aliphatic carboxylic acids is 1. The molecule has 0 aliphatic carbocycles. The molecule has 22 heavy (non-hydrogen) atoms. The Labute approximate surface area is 130 Å². The van der Waals surface area contributed by atoms with Gasteiger partial charge in [0.05, 0.1) is 12.8 Å². The number of hydrogen-bond acceptors (Lipinski definition) is 5. The summed E-state index contributed by atoms with van der Waals surface area (Å²) in [5.41, 5.74) is 1.18. The van der Waals surface area contributed by atoms with Gasteiger partial charge in [-0.1, -0.05) is 0 Å². The zero-order chi connectivity index (χ0) is 15.6. The predicted molar refractivity (Wildman–Crippen MR) is 81.8 cm³/mol. The molecule has 2 N–H and O–H groups in total. The van der Waals surface area contributed by atoms with Crippen LogP contribution < -0.4 is 10.1 Å². The van der Waals surface area contributed by atoms with Gasteiger partial charge < -0.3 is 15.2 Å². The van der Waals surface area contributed by atoms with Gasteiger partial charge in [0.2, 0.25) is 0 Å². The molecule has 2 fully saturated rings. The summed E-state index contributed by atoms with van der Waals surface area (Å²) in [6.45, 7) is 3.64. The molecule has 2 aliphatic rings. The van der Waals surface area contributed by atoms with Crippen molar-refractivity contribution < 1.29 is 14.6 Å². The standard InChI is InChI=1S/C16H23N3O3/c1-22-13-2-5-17-12(8-13)10-19-6-3-16(4-7-19)9-14(15(20)21)18-11-16/h2,5,8,14,18H,3-4,6-7,9-11H2,1H3,(H,20,21)/t14-/m0/s1. The molecule has 0 saturated carbocycles. The summed E-state index contributed by atoms with van der Waals surface area (Å²) in [6, 6.07) is 3.46. The van der Waals surface area contributed by atoms with Crippen LogP contribution in [0.2, 0.25) is 0 Å². The van der Waals surface area contributed by atoms with Crippen LogP contribution in [0.3, 0.4) is 0 Å². The second-order valence-corrected chi connectivity index (χ2v) is 6.44. The van der Waals surface area contributed by atoms with Crippen LogP contribution in [0, 0.1) is 5.41 Å². The number of rotatable bonds is 4. The summed E-state index contributed by atoms with van der Waals surface area (Å²) in [5, 5.41) is 12.3. The maximum Gasteiger partial charge on any atom is 0.320 e. The number of carboxylic acids is 1. The summed E-state index contributed by atoms with van der Waals surface area (Å²) >= 11 is 0. The second-order valence-electron chi connectivity index (χ2n) is 6.44. The van der Waals surface area contributed by atoms with E-state index in [0.29, 0.717) is 0 Å². The molecule has 3 heterocycles. The number of ether oxygens (including phenoxy) is 1. The van der Waals surface area contributed by atoms with Crippen molar-refractivity contribution in [1.29, 1.82) is 0 Å². The van der Waals surface area contributed by atoms with E-state index in [0.717, 1.165) is 56.9 Å². The first-order chi connectivity index (χ1) is 10.6. The Kier molecular flexibility index (Phi) is 4.31. The highest BCUT2D eigenvalue weighted by Crippen LogP contribution is 2.39. The van der Waals surface area contributed by atoms with Crippen LogP contribution in [0.1, 0.15) is 25.0 Å². The van der Waals surface area contributed by atoms with Gasteiger partial charge in [-0.05, 0) is 43.8 Å². The smallest absolute Gasteiger partial charge is 0.320 e. The molecule has 6 heteroatoms. The van der Waals surface area contributed by atoms with Crippen molar-refractivity contribution in [1.82, 2.24) is 15.2 Å². The van der Waals surface area contributed by atoms with Gasteiger partial charge in [0.25, 0.3) is 0 Å². The molecule has 1 aromatic heterocycles. The van der Waals surface area contributed by atoms with Gasteiger partial charge in [-0.25, -0.2) is 0 Å². The van der Waals surface area contributed by atoms with Crippen LogP contribution in [0.5, 0.6) is 5.75 Å².